The van der Waals surface area contributed by atoms with Crippen molar-refractivity contribution in [3.05, 3.63) is 65.0 Å². The van der Waals surface area contributed by atoms with Gasteiger partial charge in [0.25, 0.3) is 0 Å². The van der Waals surface area contributed by atoms with Crippen LogP contribution in [0, 0.1) is 19.8 Å². The maximum atomic E-state index is 12.4. The Morgan fingerprint density at radius 2 is 1.95 bits per heavy atom. The molecule has 1 aromatic heterocycles. The molecule has 1 heterocycles. The molecule has 1 fully saturated rings. The Morgan fingerprint density at radius 3 is 2.64 bits per heavy atom. The molecule has 1 aromatic carbocycles. The third-order valence-electron chi connectivity index (χ3n) is 4.25. The van der Waals surface area contributed by atoms with Crippen LogP contribution in [0.15, 0.2) is 42.5 Å². The van der Waals surface area contributed by atoms with E-state index in [1.54, 1.807) is 0 Å². The van der Waals surface area contributed by atoms with Crippen molar-refractivity contribution in [2.45, 2.75) is 39.2 Å². The number of carbonyl (C=O) groups is 1. The van der Waals surface area contributed by atoms with E-state index in [2.05, 4.69) is 10.3 Å². The average molecular weight is 294 g/mol. The molecule has 0 bridgehead atoms. The Bertz CT molecular complexity index is 677. The van der Waals surface area contributed by atoms with E-state index in [0.29, 0.717) is 12.3 Å². The van der Waals surface area contributed by atoms with Gasteiger partial charge in [0.1, 0.15) is 0 Å². The number of nitrogens with one attached hydrogen (secondary N) is 1. The van der Waals surface area contributed by atoms with E-state index in [1.165, 1.54) is 12.8 Å². The zero-order chi connectivity index (χ0) is 15.5. The van der Waals surface area contributed by atoms with Gasteiger partial charge in [0.15, 0.2) is 0 Å². The monoisotopic (exact) mass is 294 g/mol. The first-order chi connectivity index (χ1) is 10.6. The largest absolute Gasteiger partial charge is 0.347 e. The zero-order valence-electron chi connectivity index (χ0n) is 13.2. The Labute approximate surface area is 131 Å². The Kier molecular flexibility index (Phi) is 4.23. The lowest BCUT2D eigenvalue weighted by atomic mass is 10.0. The first-order valence-corrected chi connectivity index (χ1v) is 7.91. The maximum Gasteiger partial charge on any atom is 0.224 e. The summed E-state index contributed by atoms with van der Waals surface area (Å²) in [5.74, 6) is 0.615. The fraction of sp³-hybridized carbons (Fsp3) is 0.368. The minimum Gasteiger partial charge on any atom is -0.347 e. The smallest absolute Gasteiger partial charge is 0.224 e. The average Bonchev–Trinajstić information content (AvgIpc) is 3.32. The van der Waals surface area contributed by atoms with Crippen molar-refractivity contribution in [1.82, 2.24) is 10.3 Å². The molecule has 114 valence electrons. The fourth-order valence-corrected chi connectivity index (χ4v) is 2.81. The summed E-state index contributed by atoms with van der Waals surface area (Å²) in [4.78, 5) is 17.0. The molecule has 1 N–H and O–H groups in total. The van der Waals surface area contributed by atoms with E-state index in [9.17, 15) is 4.79 Å². The molecule has 3 nitrogen and oxygen atoms in total. The molecule has 0 unspecified atom stereocenters. The number of hydrogen-bond donors (Lipinski definition) is 1. The molecule has 1 aliphatic carbocycles. The minimum atomic E-state index is 0.0522. The van der Waals surface area contributed by atoms with Gasteiger partial charge in [-0.05, 0) is 55.9 Å². The summed E-state index contributed by atoms with van der Waals surface area (Å²) in [6, 6.07) is 14.1. The van der Waals surface area contributed by atoms with Gasteiger partial charge >= 0.3 is 0 Å². The number of nitrogens with zero attached hydrogens (tertiary/aromatic N) is 1. The third-order valence-corrected chi connectivity index (χ3v) is 4.25. The Morgan fingerprint density at radius 1 is 1.18 bits per heavy atom. The zero-order valence-corrected chi connectivity index (χ0v) is 13.2. The SMILES string of the molecule is Cc1cccc([C@@H](NC(=O)Cc2ccccc2C)C2CC2)n1. The van der Waals surface area contributed by atoms with E-state index < -0.39 is 0 Å². The molecule has 0 saturated heterocycles. The quantitative estimate of drug-likeness (QED) is 0.917. The van der Waals surface area contributed by atoms with Gasteiger partial charge < -0.3 is 5.32 Å². The van der Waals surface area contributed by atoms with Gasteiger partial charge in [0.05, 0.1) is 18.2 Å². The second-order valence-electron chi connectivity index (χ2n) is 6.19. The number of carbonyl (C=O) groups excluding carboxylic acids is 1. The van der Waals surface area contributed by atoms with Crippen LogP contribution in [0.2, 0.25) is 0 Å². The van der Waals surface area contributed by atoms with Crippen molar-refractivity contribution in [2.24, 2.45) is 5.92 Å². The Hall–Kier alpha value is -2.16. The summed E-state index contributed by atoms with van der Waals surface area (Å²) in [5.41, 5.74) is 4.23. The first-order valence-electron chi connectivity index (χ1n) is 7.91. The van der Waals surface area contributed by atoms with Gasteiger partial charge in [0, 0.05) is 5.69 Å². The fourth-order valence-electron chi connectivity index (χ4n) is 2.81. The molecule has 22 heavy (non-hydrogen) atoms. The highest BCUT2D eigenvalue weighted by Crippen LogP contribution is 2.40. The number of rotatable bonds is 5. The van der Waals surface area contributed by atoms with Crippen LogP contribution < -0.4 is 5.32 Å². The number of hydrogen-bond acceptors (Lipinski definition) is 2. The molecule has 1 atom stereocenters. The highest BCUT2D eigenvalue weighted by molar-refractivity contribution is 5.79. The van der Waals surface area contributed by atoms with Crippen LogP contribution in [0.4, 0.5) is 0 Å². The van der Waals surface area contributed by atoms with Crippen LogP contribution in [-0.2, 0) is 11.2 Å². The number of pyridine rings is 1. The molecular formula is C19H22N2O. The van der Waals surface area contributed by atoms with Gasteiger partial charge in [0.2, 0.25) is 5.91 Å². The van der Waals surface area contributed by atoms with Crippen LogP contribution in [0.25, 0.3) is 0 Å². The van der Waals surface area contributed by atoms with E-state index in [1.807, 2.05) is 56.3 Å². The van der Waals surface area contributed by atoms with Crippen LogP contribution in [0.3, 0.4) is 0 Å². The van der Waals surface area contributed by atoms with Crippen LogP contribution in [0.5, 0.6) is 0 Å². The van der Waals surface area contributed by atoms with E-state index >= 15 is 0 Å². The van der Waals surface area contributed by atoms with E-state index in [0.717, 1.165) is 22.5 Å². The van der Waals surface area contributed by atoms with E-state index in [-0.39, 0.29) is 11.9 Å². The summed E-state index contributed by atoms with van der Waals surface area (Å²) in [6.07, 6.45) is 2.78. The van der Waals surface area contributed by atoms with E-state index in [4.69, 9.17) is 0 Å². The predicted octanol–water partition coefficient (Wildman–Crippen LogP) is 3.51. The lowest BCUT2D eigenvalue weighted by molar-refractivity contribution is -0.121. The van der Waals surface area contributed by atoms with Gasteiger partial charge in [-0.15, -0.1) is 0 Å². The molecule has 1 aliphatic rings. The summed E-state index contributed by atoms with van der Waals surface area (Å²) < 4.78 is 0. The van der Waals surface area contributed by atoms with Gasteiger partial charge in [-0.2, -0.15) is 0 Å². The second kappa shape index (κ2) is 6.30. The lowest BCUT2D eigenvalue weighted by Crippen LogP contribution is -2.31. The first kappa shape index (κ1) is 14.8. The molecule has 1 amide bonds. The van der Waals surface area contributed by atoms with Gasteiger partial charge in [-0.25, -0.2) is 0 Å². The standard InChI is InChI=1S/C19H22N2O/c1-13-6-3-4-8-16(13)12-18(22)21-19(15-10-11-15)17-9-5-7-14(2)20-17/h3-9,15,19H,10-12H2,1-2H3,(H,21,22)/t19-/m0/s1. The molecule has 0 aliphatic heterocycles. The second-order valence-corrected chi connectivity index (χ2v) is 6.19. The number of aryl methyl sites for hydroxylation is 2. The van der Waals surface area contributed by atoms with Crippen LogP contribution in [-0.4, -0.2) is 10.9 Å². The van der Waals surface area contributed by atoms with Crippen LogP contribution >= 0.6 is 0 Å². The highest BCUT2D eigenvalue weighted by atomic mass is 16.1. The molecular weight excluding hydrogens is 272 g/mol. The Balaban J connectivity index is 1.72. The number of aromatic nitrogens is 1. The summed E-state index contributed by atoms with van der Waals surface area (Å²) in [7, 11) is 0. The summed E-state index contributed by atoms with van der Waals surface area (Å²) >= 11 is 0. The van der Waals surface area contributed by atoms with Crippen molar-refractivity contribution < 1.29 is 4.79 Å². The highest BCUT2D eigenvalue weighted by Gasteiger charge is 2.34. The molecule has 3 heteroatoms. The van der Waals surface area contributed by atoms with Crippen molar-refractivity contribution in [3.8, 4) is 0 Å². The lowest BCUT2D eigenvalue weighted by Gasteiger charge is -2.18. The van der Waals surface area contributed by atoms with Crippen molar-refractivity contribution >= 4 is 5.91 Å². The normalized spacial score (nSPS) is 15.4. The molecule has 0 spiro atoms. The summed E-state index contributed by atoms with van der Waals surface area (Å²) in [6.45, 7) is 4.03. The van der Waals surface area contributed by atoms with Crippen LogP contribution in [0.1, 0.15) is 41.4 Å². The molecule has 2 aromatic rings. The van der Waals surface area contributed by atoms with Gasteiger partial charge in [-0.1, -0.05) is 30.3 Å². The molecule has 1 saturated carbocycles. The predicted molar refractivity (Wildman–Crippen MR) is 87.5 cm³/mol. The number of amides is 1. The van der Waals surface area contributed by atoms with Crippen molar-refractivity contribution in [1.29, 1.82) is 0 Å². The topological polar surface area (TPSA) is 42.0 Å². The number of benzene rings is 1. The maximum absolute atomic E-state index is 12.4. The molecule has 3 rings (SSSR count). The van der Waals surface area contributed by atoms with Crippen molar-refractivity contribution in [2.75, 3.05) is 0 Å². The molecule has 0 radical (unpaired) electrons. The summed E-state index contributed by atoms with van der Waals surface area (Å²) in [5, 5.41) is 3.20. The third kappa shape index (κ3) is 3.53. The minimum absolute atomic E-state index is 0.0522. The van der Waals surface area contributed by atoms with Gasteiger partial charge in [-0.3, -0.25) is 9.78 Å². The van der Waals surface area contributed by atoms with Crippen molar-refractivity contribution in [3.63, 3.8) is 0 Å².